The van der Waals surface area contributed by atoms with E-state index in [4.69, 9.17) is 14.6 Å². The van der Waals surface area contributed by atoms with Crippen molar-refractivity contribution < 1.29 is 32.6 Å². The number of benzene rings is 3. The first-order valence-electron chi connectivity index (χ1n) is 11.7. The third-order valence-corrected chi connectivity index (χ3v) is 5.48. The number of alkyl halides is 3. The molecule has 1 aliphatic rings. The standard InChI is InChI=1S/C25H27N3O2.C2HF3O2/c29-25(26-21-13-15-23(16-14-21)30-22-11-5-2-6-12-22)27-24(19-28-17-7-8-18-28)20-9-3-1-4-10-20;3-2(4,5)1(6)7/h1-6,9-16,24H,7-8,17-19H2,(H2,26,27,29);(H,6,7). The van der Waals surface area contributed by atoms with Gasteiger partial charge in [0.05, 0.1) is 6.04 Å². The molecule has 37 heavy (non-hydrogen) atoms. The number of urea groups is 1. The summed E-state index contributed by atoms with van der Waals surface area (Å²) in [7, 11) is 0. The Kier molecular flexibility index (Phi) is 9.91. The number of carbonyl (C=O) groups excluding carboxylic acids is 1. The van der Waals surface area contributed by atoms with E-state index in [0.29, 0.717) is 0 Å². The van der Waals surface area contributed by atoms with E-state index >= 15 is 0 Å². The van der Waals surface area contributed by atoms with E-state index in [0.717, 1.165) is 42.4 Å². The summed E-state index contributed by atoms with van der Waals surface area (Å²) in [5.74, 6) is -1.25. The maximum Gasteiger partial charge on any atom is 0.490 e. The zero-order valence-corrected chi connectivity index (χ0v) is 19.9. The number of amides is 2. The molecule has 3 N–H and O–H groups in total. The first-order chi connectivity index (χ1) is 17.7. The summed E-state index contributed by atoms with van der Waals surface area (Å²) >= 11 is 0. The van der Waals surface area contributed by atoms with Crippen molar-refractivity contribution in [2.75, 3.05) is 25.0 Å². The lowest BCUT2D eigenvalue weighted by molar-refractivity contribution is -0.192. The fourth-order valence-electron chi connectivity index (χ4n) is 3.70. The fraction of sp³-hybridized carbons (Fsp3) is 0.259. The number of ether oxygens (including phenoxy) is 1. The SMILES string of the molecule is O=C(Nc1ccc(Oc2ccccc2)cc1)NC(CN1CCCC1)c1ccccc1.O=C(O)C(F)(F)F. The van der Waals surface area contributed by atoms with E-state index in [-0.39, 0.29) is 12.1 Å². The molecule has 0 saturated carbocycles. The predicted molar refractivity (Wildman–Crippen MR) is 134 cm³/mol. The van der Waals surface area contributed by atoms with Crippen LogP contribution in [0.3, 0.4) is 0 Å². The van der Waals surface area contributed by atoms with Crippen LogP contribution in [0.4, 0.5) is 23.7 Å². The van der Waals surface area contributed by atoms with E-state index in [2.05, 4.69) is 27.7 Å². The smallest absolute Gasteiger partial charge is 0.475 e. The van der Waals surface area contributed by atoms with Crippen LogP contribution >= 0.6 is 0 Å². The Bertz CT molecular complexity index is 1120. The quantitative estimate of drug-likeness (QED) is 0.355. The van der Waals surface area contributed by atoms with Crippen molar-refractivity contribution in [3.63, 3.8) is 0 Å². The van der Waals surface area contributed by atoms with Gasteiger partial charge >= 0.3 is 18.2 Å². The van der Waals surface area contributed by atoms with Gasteiger partial charge < -0.3 is 25.4 Å². The van der Waals surface area contributed by atoms with Gasteiger partial charge in [-0.3, -0.25) is 0 Å². The van der Waals surface area contributed by atoms with Crippen LogP contribution in [0.1, 0.15) is 24.4 Å². The highest BCUT2D eigenvalue weighted by Crippen LogP contribution is 2.23. The Morgan fingerprint density at radius 1 is 0.865 bits per heavy atom. The summed E-state index contributed by atoms with van der Waals surface area (Å²) in [6.45, 7) is 3.01. The maximum absolute atomic E-state index is 12.7. The second-order valence-corrected chi connectivity index (χ2v) is 8.31. The molecule has 3 aromatic carbocycles. The predicted octanol–water partition coefficient (Wildman–Crippen LogP) is 6.07. The lowest BCUT2D eigenvalue weighted by Crippen LogP contribution is -2.39. The van der Waals surface area contributed by atoms with Gasteiger partial charge in [0, 0.05) is 12.2 Å². The highest BCUT2D eigenvalue weighted by Gasteiger charge is 2.38. The number of nitrogens with zero attached hydrogens (tertiary/aromatic N) is 1. The molecule has 10 heteroatoms. The van der Waals surface area contributed by atoms with Gasteiger partial charge in [0.25, 0.3) is 0 Å². The monoisotopic (exact) mass is 515 g/mol. The van der Waals surface area contributed by atoms with Crippen molar-refractivity contribution in [3.05, 3.63) is 90.5 Å². The average molecular weight is 516 g/mol. The first kappa shape index (κ1) is 27.5. The number of halogens is 3. The number of aliphatic carboxylic acids is 1. The summed E-state index contributed by atoms with van der Waals surface area (Å²) in [6, 6.07) is 26.9. The van der Waals surface area contributed by atoms with Gasteiger partial charge in [-0.1, -0.05) is 48.5 Å². The van der Waals surface area contributed by atoms with E-state index < -0.39 is 12.1 Å². The number of likely N-dealkylation sites (tertiary alicyclic amines) is 1. The molecule has 1 aliphatic heterocycles. The van der Waals surface area contributed by atoms with Crippen molar-refractivity contribution in [3.8, 4) is 11.5 Å². The van der Waals surface area contributed by atoms with Crippen molar-refractivity contribution in [2.24, 2.45) is 0 Å². The minimum Gasteiger partial charge on any atom is -0.475 e. The molecule has 1 heterocycles. The number of anilines is 1. The Morgan fingerprint density at radius 2 is 1.38 bits per heavy atom. The van der Waals surface area contributed by atoms with Crippen molar-refractivity contribution in [1.29, 1.82) is 0 Å². The number of carboxylic acid groups (broad SMARTS) is 1. The second kappa shape index (κ2) is 13.3. The van der Waals surface area contributed by atoms with E-state index in [1.165, 1.54) is 12.8 Å². The zero-order chi connectivity index (χ0) is 26.7. The molecule has 3 aromatic rings. The molecular weight excluding hydrogens is 487 g/mol. The molecule has 0 radical (unpaired) electrons. The molecule has 1 fully saturated rings. The lowest BCUT2D eigenvalue weighted by Gasteiger charge is -2.25. The van der Waals surface area contributed by atoms with Gasteiger partial charge in [0.1, 0.15) is 11.5 Å². The second-order valence-electron chi connectivity index (χ2n) is 8.31. The summed E-state index contributed by atoms with van der Waals surface area (Å²) < 4.78 is 37.5. The maximum atomic E-state index is 12.7. The summed E-state index contributed by atoms with van der Waals surface area (Å²) in [5.41, 5.74) is 1.84. The molecule has 0 bridgehead atoms. The van der Waals surface area contributed by atoms with E-state index in [1.807, 2.05) is 72.8 Å². The average Bonchev–Trinajstić information content (AvgIpc) is 3.39. The molecule has 0 spiro atoms. The minimum absolute atomic E-state index is 0.0509. The van der Waals surface area contributed by atoms with Crippen molar-refractivity contribution in [2.45, 2.75) is 25.1 Å². The third-order valence-electron chi connectivity index (χ3n) is 5.48. The Balaban J connectivity index is 0.000000479. The summed E-state index contributed by atoms with van der Waals surface area (Å²) in [5, 5.41) is 13.2. The molecule has 1 atom stereocenters. The topological polar surface area (TPSA) is 90.9 Å². The molecule has 0 aliphatic carbocycles. The number of nitrogens with one attached hydrogen (secondary N) is 2. The molecule has 196 valence electrons. The van der Waals surface area contributed by atoms with E-state index in [1.54, 1.807) is 0 Å². The van der Waals surface area contributed by atoms with Gasteiger partial charge in [-0.05, 0) is 67.9 Å². The number of rotatable bonds is 7. The van der Waals surface area contributed by atoms with Gasteiger partial charge in [-0.25, -0.2) is 9.59 Å². The van der Waals surface area contributed by atoms with Crippen LogP contribution < -0.4 is 15.4 Å². The molecular formula is C27H28F3N3O4. The first-order valence-corrected chi connectivity index (χ1v) is 11.7. The Hall–Kier alpha value is -4.05. The highest BCUT2D eigenvalue weighted by molar-refractivity contribution is 5.89. The molecule has 7 nitrogen and oxygen atoms in total. The van der Waals surface area contributed by atoms with Crippen LogP contribution in [-0.2, 0) is 4.79 Å². The molecule has 1 unspecified atom stereocenters. The van der Waals surface area contributed by atoms with Crippen LogP contribution in [0.5, 0.6) is 11.5 Å². The number of carbonyl (C=O) groups is 2. The molecule has 4 rings (SSSR count). The van der Waals surface area contributed by atoms with Crippen molar-refractivity contribution in [1.82, 2.24) is 10.2 Å². The third kappa shape index (κ3) is 9.49. The normalized spacial score (nSPS) is 14.1. The van der Waals surface area contributed by atoms with Gasteiger partial charge in [0.2, 0.25) is 0 Å². The van der Waals surface area contributed by atoms with Gasteiger partial charge in [0.15, 0.2) is 0 Å². The number of para-hydroxylation sites is 1. The van der Waals surface area contributed by atoms with Gasteiger partial charge in [-0.2, -0.15) is 13.2 Å². The van der Waals surface area contributed by atoms with Crippen LogP contribution in [0.25, 0.3) is 0 Å². The molecule has 2 amide bonds. The van der Waals surface area contributed by atoms with Crippen LogP contribution in [0.2, 0.25) is 0 Å². The molecule has 0 aromatic heterocycles. The number of hydrogen-bond donors (Lipinski definition) is 3. The summed E-state index contributed by atoms with van der Waals surface area (Å²) in [4.78, 5) is 24.0. The van der Waals surface area contributed by atoms with Crippen LogP contribution in [0.15, 0.2) is 84.9 Å². The van der Waals surface area contributed by atoms with Crippen molar-refractivity contribution >= 4 is 17.7 Å². The largest absolute Gasteiger partial charge is 0.490 e. The zero-order valence-electron chi connectivity index (χ0n) is 19.9. The van der Waals surface area contributed by atoms with Crippen LogP contribution in [-0.4, -0.2) is 47.8 Å². The van der Waals surface area contributed by atoms with Gasteiger partial charge in [-0.15, -0.1) is 0 Å². The fourth-order valence-corrected chi connectivity index (χ4v) is 3.70. The molecule has 1 saturated heterocycles. The highest BCUT2D eigenvalue weighted by atomic mass is 19.4. The minimum atomic E-state index is -5.08. The number of hydrogen-bond acceptors (Lipinski definition) is 4. The number of carboxylic acids is 1. The lowest BCUT2D eigenvalue weighted by atomic mass is 10.1. The van der Waals surface area contributed by atoms with E-state index in [9.17, 15) is 18.0 Å². The Morgan fingerprint density at radius 3 is 1.92 bits per heavy atom. The van der Waals surface area contributed by atoms with Crippen LogP contribution in [0, 0.1) is 0 Å². The Labute approximate surface area is 212 Å². The summed E-state index contributed by atoms with van der Waals surface area (Å²) in [6.07, 6.45) is -2.63.